The number of Topliss-reactive ketones (excluding diaryl/α,β-unsaturated/α-hetero) is 1. The maximum Gasteiger partial charge on any atom is 0.281 e. The number of hydrogen-bond acceptors (Lipinski definition) is 5. The minimum absolute atomic E-state index is 0.0630. The van der Waals surface area contributed by atoms with Crippen molar-refractivity contribution in [3.63, 3.8) is 0 Å². The lowest BCUT2D eigenvalue weighted by molar-refractivity contribution is -0.384. The van der Waals surface area contributed by atoms with Gasteiger partial charge in [0.15, 0.2) is 5.78 Å². The topological polar surface area (TPSA) is 95.1 Å². The van der Waals surface area contributed by atoms with Gasteiger partial charge in [-0.2, -0.15) is 5.10 Å². The van der Waals surface area contributed by atoms with Crippen LogP contribution in [0.3, 0.4) is 0 Å². The number of hydrogen-bond donors (Lipinski definition) is 0. The van der Waals surface area contributed by atoms with E-state index in [0.29, 0.717) is 11.3 Å². The molecule has 7 nitrogen and oxygen atoms in total. The van der Waals surface area contributed by atoms with Gasteiger partial charge in [0, 0.05) is 24.7 Å². The summed E-state index contributed by atoms with van der Waals surface area (Å²) in [5.41, 5.74) is 0.485. The highest BCUT2D eigenvalue weighted by molar-refractivity contribution is 9.10. The Kier molecular flexibility index (Phi) is 3.99. The Morgan fingerprint density at radius 2 is 1.90 bits per heavy atom. The van der Waals surface area contributed by atoms with Crippen molar-refractivity contribution in [2.24, 2.45) is 7.05 Å². The van der Waals surface area contributed by atoms with Crippen LogP contribution in [0.5, 0.6) is 0 Å². The van der Waals surface area contributed by atoms with Crippen LogP contribution < -0.4 is 5.56 Å². The van der Waals surface area contributed by atoms with E-state index in [1.165, 1.54) is 38.2 Å². The van der Waals surface area contributed by atoms with Gasteiger partial charge in [-0.3, -0.25) is 19.7 Å². The first kappa shape index (κ1) is 15.0. The molecule has 0 saturated carbocycles. The first-order chi connectivity index (χ1) is 9.82. The fourth-order valence-corrected chi connectivity index (χ4v) is 2.59. The SMILES string of the molecule is CC(=O)c1c(-c2ccc([N+](=O)[O-])cc2)nn(C)c(=O)c1Br. The molecule has 0 aliphatic heterocycles. The van der Waals surface area contributed by atoms with Crippen LogP contribution in [0.25, 0.3) is 11.3 Å². The van der Waals surface area contributed by atoms with E-state index in [0.717, 1.165) is 4.68 Å². The number of nitrogens with zero attached hydrogens (tertiary/aromatic N) is 3. The molecule has 0 bridgehead atoms. The van der Waals surface area contributed by atoms with Crippen LogP contribution >= 0.6 is 15.9 Å². The van der Waals surface area contributed by atoms with Gasteiger partial charge in [0.2, 0.25) is 0 Å². The van der Waals surface area contributed by atoms with Gasteiger partial charge in [0.25, 0.3) is 11.2 Å². The smallest absolute Gasteiger partial charge is 0.281 e. The molecule has 1 aromatic carbocycles. The van der Waals surface area contributed by atoms with Gasteiger partial charge in [0.1, 0.15) is 5.69 Å². The third-order valence-electron chi connectivity index (χ3n) is 2.89. The molecule has 2 aromatic rings. The van der Waals surface area contributed by atoms with Gasteiger partial charge in [0.05, 0.1) is 15.0 Å². The second-order valence-corrected chi connectivity index (χ2v) is 5.12. The zero-order valence-electron chi connectivity index (χ0n) is 11.2. The van der Waals surface area contributed by atoms with Gasteiger partial charge in [-0.1, -0.05) is 0 Å². The number of ketones is 1. The molecule has 108 valence electrons. The van der Waals surface area contributed by atoms with E-state index < -0.39 is 10.5 Å². The van der Waals surface area contributed by atoms with Crippen molar-refractivity contribution >= 4 is 27.4 Å². The number of carbonyl (C=O) groups excluding carboxylic acids is 1. The van der Waals surface area contributed by atoms with Crippen LogP contribution in [0.1, 0.15) is 17.3 Å². The number of nitro benzene ring substituents is 1. The van der Waals surface area contributed by atoms with E-state index in [4.69, 9.17) is 0 Å². The van der Waals surface area contributed by atoms with E-state index in [1.807, 2.05) is 0 Å². The molecule has 21 heavy (non-hydrogen) atoms. The van der Waals surface area contributed by atoms with Crippen molar-refractivity contribution < 1.29 is 9.72 Å². The van der Waals surface area contributed by atoms with E-state index in [-0.39, 0.29) is 21.5 Å². The zero-order chi connectivity index (χ0) is 15.7. The molecule has 0 atom stereocenters. The van der Waals surface area contributed by atoms with E-state index in [2.05, 4.69) is 21.0 Å². The van der Waals surface area contributed by atoms with E-state index >= 15 is 0 Å². The second kappa shape index (κ2) is 5.57. The first-order valence-corrected chi connectivity index (χ1v) is 6.64. The van der Waals surface area contributed by atoms with Crippen molar-refractivity contribution in [2.75, 3.05) is 0 Å². The first-order valence-electron chi connectivity index (χ1n) is 5.85. The number of aryl methyl sites for hydroxylation is 1. The van der Waals surface area contributed by atoms with Crippen LogP contribution in [0.4, 0.5) is 5.69 Å². The molecule has 0 aliphatic rings. The largest absolute Gasteiger partial charge is 0.294 e. The fourth-order valence-electron chi connectivity index (χ4n) is 1.86. The molecule has 2 rings (SSSR count). The summed E-state index contributed by atoms with van der Waals surface area (Å²) in [4.78, 5) is 33.8. The summed E-state index contributed by atoms with van der Waals surface area (Å²) in [5, 5.41) is 14.7. The monoisotopic (exact) mass is 351 g/mol. The molecule has 0 N–H and O–H groups in total. The molecule has 0 amide bonds. The molecule has 0 aliphatic carbocycles. The Bertz CT molecular complexity index is 796. The van der Waals surface area contributed by atoms with Crippen molar-refractivity contribution in [3.8, 4) is 11.3 Å². The Balaban J connectivity index is 2.71. The fraction of sp³-hybridized carbons (Fsp3) is 0.154. The minimum Gasteiger partial charge on any atom is -0.294 e. The summed E-state index contributed by atoms with van der Waals surface area (Å²) in [6, 6.07) is 5.62. The van der Waals surface area contributed by atoms with Crippen LogP contribution in [0.15, 0.2) is 33.5 Å². The molecular weight excluding hydrogens is 342 g/mol. The van der Waals surface area contributed by atoms with Gasteiger partial charge in [-0.05, 0) is 35.0 Å². The molecule has 0 saturated heterocycles. The van der Waals surface area contributed by atoms with Crippen LogP contribution in [0, 0.1) is 10.1 Å². The Labute approximate surface area is 127 Å². The summed E-state index contributed by atoms with van der Waals surface area (Å²) < 4.78 is 1.23. The lowest BCUT2D eigenvalue weighted by Crippen LogP contribution is -2.24. The number of halogens is 1. The Morgan fingerprint density at radius 3 is 2.38 bits per heavy atom. The summed E-state index contributed by atoms with van der Waals surface area (Å²) in [5.74, 6) is -0.319. The average Bonchev–Trinajstić information content (AvgIpc) is 2.44. The number of rotatable bonds is 3. The standard InChI is InChI=1S/C13H10BrN3O4/c1-7(18)10-11(14)13(19)16(2)15-12(10)8-3-5-9(6-4-8)17(20)21/h3-6H,1-2H3. The molecule has 0 fully saturated rings. The predicted octanol–water partition coefficient (Wildman–Crippen LogP) is 2.32. The highest BCUT2D eigenvalue weighted by Gasteiger charge is 2.19. The molecule has 8 heteroatoms. The third kappa shape index (κ3) is 2.75. The molecule has 0 spiro atoms. The highest BCUT2D eigenvalue weighted by Crippen LogP contribution is 2.27. The average molecular weight is 352 g/mol. The Morgan fingerprint density at radius 1 is 1.33 bits per heavy atom. The highest BCUT2D eigenvalue weighted by atomic mass is 79.9. The van der Waals surface area contributed by atoms with Crippen molar-refractivity contribution in [3.05, 3.63) is 54.8 Å². The third-order valence-corrected chi connectivity index (χ3v) is 3.63. The lowest BCUT2D eigenvalue weighted by Gasteiger charge is -2.10. The van der Waals surface area contributed by atoms with E-state index in [9.17, 15) is 19.7 Å². The van der Waals surface area contributed by atoms with Gasteiger partial charge >= 0.3 is 0 Å². The summed E-state index contributed by atoms with van der Waals surface area (Å²) in [6.07, 6.45) is 0. The number of non-ortho nitro benzene ring substituents is 1. The number of benzene rings is 1. The maximum absolute atomic E-state index is 11.8. The van der Waals surface area contributed by atoms with Crippen LogP contribution in [0.2, 0.25) is 0 Å². The predicted molar refractivity (Wildman–Crippen MR) is 79.3 cm³/mol. The zero-order valence-corrected chi connectivity index (χ0v) is 12.7. The molecule has 0 radical (unpaired) electrons. The Hall–Kier alpha value is -2.35. The molecule has 1 aromatic heterocycles. The normalized spacial score (nSPS) is 10.4. The van der Waals surface area contributed by atoms with Crippen molar-refractivity contribution in [1.82, 2.24) is 9.78 Å². The van der Waals surface area contributed by atoms with Gasteiger partial charge in [-0.15, -0.1) is 0 Å². The van der Waals surface area contributed by atoms with Gasteiger partial charge in [-0.25, -0.2) is 4.68 Å². The summed E-state index contributed by atoms with van der Waals surface area (Å²) in [6.45, 7) is 1.33. The van der Waals surface area contributed by atoms with Crippen molar-refractivity contribution in [2.45, 2.75) is 6.92 Å². The summed E-state index contributed by atoms with van der Waals surface area (Å²) in [7, 11) is 1.46. The minimum atomic E-state index is -0.514. The van der Waals surface area contributed by atoms with Crippen LogP contribution in [-0.2, 0) is 7.05 Å². The van der Waals surface area contributed by atoms with Crippen molar-refractivity contribution in [1.29, 1.82) is 0 Å². The lowest BCUT2D eigenvalue weighted by atomic mass is 10.0. The molecule has 0 unspecified atom stereocenters. The number of carbonyl (C=O) groups is 1. The number of aromatic nitrogens is 2. The summed E-state index contributed by atoms with van der Waals surface area (Å²) >= 11 is 3.12. The quantitative estimate of drug-likeness (QED) is 0.480. The van der Waals surface area contributed by atoms with E-state index in [1.54, 1.807) is 0 Å². The molecular formula is C13H10BrN3O4. The second-order valence-electron chi connectivity index (χ2n) is 4.33. The van der Waals surface area contributed by atoms with Crippen LogP contribution in [-0.4, -0.2) is 20.5 Å². The number of nitro groups is 1. The van der Waals surface area contributed by atoms with Gasteiger partial charge < -0.3 is 0 Å². The molecule has 1 heterocycles. The maximum atomic E-state index is 11.8.